The molecule has 0 bridgehead atoms. The van der Waals surface area contributed by atoms with Crippen molar-refractivity contribution in [2.24, 2.45) is 5.16 Å². The van der Waals surface area contributed by atoms with Crippen LogP contribution in [0.25, 0.3) is 0 Å². The topological polar surface area (TPSA) is 82.7 Å². The molecular weight excluding hydrogens is 184 g/mol. The number of phenolic OH excluding ortho intramolecular Hbond substituents is 1. The zero-order valence-electron chi connectivity index (χ0n) is 7.52. The Morgan fingerprint density at radius 2 is 2.29 bits per heavy atom. The molecule has 0 aliphatic heterocycles. The Bertz CT molecular complexity index is 374. The van der Waals surface area contributed by atoms with Crippen molar-refractivity contribution in [1.29, 1.82) is 0 Å². The normalized spacial score (nSPS) is 11.1. The van der Waals surface area contributed by atoms with Gasteiger partial charge in [0.15, 0.2) is 5.71 Å². The molecule has 1 aromatic carbocycles. The van der Waals surface area contributed by atoms with Crippen LogP contribution in [0.4, 0.5) is 0 Å². The highest BCUT2D eigenvalue weighted by Crippen LogP contribution is 2.11. The Kier molecular flexibility index (Phi) is 3.06. The van der Waals surface area contributed by atoms with Crippen molar-refractivity contribution in [3.8, 4) is 5.75 Å². The maximum absolute atomic E-state index is 10.8. The third-order valence-electron chi connectivity index (χ3n) is 1.52. The van der Waals surface area contributed by atoms with Crippen LogP contribution < -0.4 is 5.73 Å². The fourth-order valence-corrected chi connectivity index (χ4v) is 0.970. The molecule has 0 saturated carbocycles. The molecule has 5 heteroatoms. The number of hydrogen-bond donors (Lipinski definition) is 1. The van der Waals surface area contributed by atoms with E-state index in [0.717, 1.165) is 0 Å². The molecule has 0 fully saturated rings. The van der Waals surface area contributed by atoms with Gasteiger partial charge in [0.05, 0.1) is 0 Å². The number of nitrogens with one attached hydrogen (secondary N) is 1. The zero-order valence-corrected chi connectivity index (χ0v) is 7.52. The number of amides is 1. The number of oxime groups is 1. The number of hydrogen-bond acceptors (Lipinski definition) is 4. The van der Waals surface area contributed by atoms with E-state index in [2.05, 4.69) is 9.99 Å². The minimum atomic E-state index is -0.961. The quantitative estimate of drug-likeness (QED) is 0.562. The standard InChI is InChI=1S/C9H9N2O3/c1-14-11-8(9(10)13)6-3-2-4-7(12)5-6/h2-5,10,12H,1H3/b11-8+. The first-order valence-electron chi connectivity index (χ1n) is 3.81. The summed E-state index contributed by atoms with van der Waals surface area (Å²) in [7, 11) is 1.28. The van der Waals surface area contributed by atoms with Gasteiger partial charge < -0.3 is 9.94 Å². The second kappa shape index (κ2) is 4.27. The van der Waals surface area contributed by atoms with Gasteiger partial charge in [-0.3, -0.25) is 10.5 Å². The highest BCUT2D eigenvalue weighted by molar-refractivity contribution is 6.44. The van der Waals surface area contributed by atoms with E-state index in [1.54, 1.807) is 12.1 Å². The molecule has 73 valence electrons. The summed E-state index contributed by atoms with van der Waals surface area (Å²) in [6, 6.07) is 5.91. The van der Waals surface area contributed by atoms with Gasteiger partial charge in [0.1, 0.15) is 12.9 Å². The molecule has 0 saturated heterocycles. The van der Waals surface area contributed by atoms with Crippen LogP contribution in [0.5, 0.6) is 5.75 Å². The molecule has 0 aromatic heterocycles. The molecule has 2 N–H and O–H groups in total. The van der Waals surface area contributed by atoms with Gasteiger partial charge in [-0.1, -0.05) is 17.3 Å². The van der Waals surface area contributed by atoms with Crippen molar-refractivity contribution in [2.45, 2.75) is 0 Å². The van der Waals surface area contributed by atoms with Gasteiger partial charge >= 0.3 is 0 Å². The van der Waals surface area contributed by atoms with Gasteiger partial charge in [-0.15, -0.1) is 0 Å². The van der Waals surface area contributed by atoms with Crippen LogP contribution in [-0.2, 0) is 9.63 Å². The van der Waals surface area contributed by atoms with Crippen LogP contribution in [0.15, 0.2) is 29.4 Å². The summed E-state index contributed by atoms with van der Waals surface area (Å²) in [5.74, 6) is -0.954. The number of nitrogens with zero attached hydrogens (tertiary/aromatic N) is 1. The third kappa shape index (κ3) is 2.22. The van der Waals surface area contributed by atoms with Gasteiger partial charge in [-0.2, -0.15) is 0 Å². The van der Waals surface area contributed by atoms with Gasteiger partial charge in [0.2, 0.25) is 0 Å². The Labute approximate surface area is 80.8 Å². The fraction of sp³-hybridized carbons (Fsp3) is 0.111. The van der Waals surface area contributed by atoms with Crippen LogP contribution in [-0.4, -0.2) is 23.8 Å². The van der Waals surface area contributed by atoms with E-state index in [1.165, 1.54) is 19.2 Å². The highest BCUT2D eigenvalue weighted by atomic mass is 16.6. The SMILES string of the molecule is CO/N=C(/C([NH])=O)c1cccc(O)c1. The first kappa shape index (κ1) is 10.0. The highest BCUT2D eigenvalue weighted by Gasteiger charge is 2.12. The van der Waals surface area contributed by atoms with Crippen LogP contribution >= 0.6 is 0 Å². The lowest BCUT2D eigenvalue weighted by Gasteiger charge is -2.00. The van der Waals surface area contributed by atoms with Crippen LogP contribution in [0.2, 0.25) is 0 Å². The van der Waals surface area contributed by atoms with E-state index in [0.29, 0.717) is 5.56 Å². The average molecular weight is 193 g/mol. The van der Waals surface area contributed by atoms with E-state index in [9.17, 15) is 4.79 Å². The Balaban J connectivity index is 3.12. The third-order valence-corrected chi connectivity index (χ3v) is 1.52. The molecule has 1 radical (unpaired) electrons. The largest absolute Gasteiger partial charge is 0.508 e. The van der Waals surface area contributed by atoms with E-state index in [1.807, 2.05) is 0 Å². The van der Waals surface area contributed by atoms with Crippen molar-refractivity contribution in [3.63, 3.8) is 0 Å². The Hall–Kier alpha value is -2.04. The van der Waals surface area contributed by atoms with Gasteiger partial charge in [0, 0.05) is 5.56 Å². The summed E-state index contributed by atoms with van der Waals surface area (Å²) in [6.07, 6.45) is 0. The average Bonchev–Trinajstić information content (AvgIpc) is 2.13. The summed E-state index contributed by atoms with van der Waals surface area (Å²) in [6.45, 7) is 0. The van der Waals surface area contributed by atoms with Crippen molar-refractivity contribution >= 4 is 11.6 Å². The minimum absolute atomic E-state index is 0.00699. The molecule has 0 aliphatic rings. The molecule has 14 heavy (non-hydrogen) atoms. The smallest absolute Gasteiger partial charge is 0.292 e. The monoisotopic (exact) mass is 193 g/mol. The summed E-state index contributed by atoms with van der Waals surface area (Å²) >= 11 is 0. The fourth-order valence-electron chi connectivity index (χ4n) is 0.970. The van der Waals surface area contributed by atoms with Gasteiger partial charge in [-0.05, 0) is 12.1 Å². The van der Waals surface area contributed by atoms with Crippen LogP contribution in [0, 0.1) is 0 Å². The zero-order chi connectivity index (χ0) is 10.6. The van der Waals surface area contributed by atoms with Crippen LogP contribution in [0.3, 0.4) is 0 Å². The van der Waals surface area contributed by atoms with Crippen molar-refractivity contribution < 1.29 is 14.7 Å². The van der Waals surface area contributed by atoms with Crippen molar-refractivity contribution in [3.05, 3.63) is 29.8 Å². The molecule has 0 unspecified atom stereocenters. The maximum atomic E-state index is 10.8. The Morgan fingerprint density at radius 3 is 2.79 bits per heavy atom. The predicted octanol–water partition coefficient (Wildman–Crippen LogP) is 0.552. The molecule has 0 atom stereocenters. The second-order valence-electron chi connectivity index (χ2n) is 2.50. The first-order chi connectivity index (χ1) is 6.65. The predicted molar refractivity (Wildman–Crippen MR) is 49.8 cm³/mol. The number of phenols is 1. The minimum Gasteiger partial charge on any atom is -0.508 e. The van der Waals surface area contributed by atoms with E-state index >= 15 is 0 Å². The summed E-state index contributed by atoms with van der Waals surface area (Å²) in [4.78, 5) is 15.2. The molecule has 0 spiro atoms. The lowest BCUT2D eigenvalue weighted by atomic mass is 10.1. The second-order valence-corrected chi connectivity index (χ2v) is 2.50. The van der Waals surface area contributed by atoms with Crippen molar-refractivity contribution in [2.75, 3.05) is 7.11 Å². The number of carbonyl (C=O) groups excluding carboxylic acids is 1. The van der Waals surface area contributed by atoms with Gasteiger partial charge in [0.25, 0.3) is 5.91 Å². The van der Waals surface area contributed by atoms with Crippen molar-refractivity contribution in [1.82, 2.24) is 5.73 Å². The number of aromatic hydroxyl groups is 1. The summed E-state index contributed by atoms with van der Waals surface area (Å²) in [5, 5.41) is 12.5. The van der Waals surface area contributed by atoms with E-state index in [-0.39, 0.29) is 11.5 Å². The number of rotatable bonds is 3. The lowest BCUT2D eigenvalue weighted by Crippen LogP contribution is -2.16. The number of carbonyl (C=O) groups is 1. The van der Waals surface area contributed by atoms with E-state index in [4.69, 9.17) is 10.8 Å². The molecule has 0 aliphatic carbocycles. The van der Waals surface area contributed by atoms with Gasteiger partial charge in [-0.25, -0.2) is 0 Å². The summed E-state index contributed by atoms with van der Waals surface area (Å²) < 4.78 is 0. The molecule has 1 aromatic rings. The molecule has 1 amide bonds. The lowest BCUT2D eigenvalue weighted by molar-refractivity contribution is -0.112. The molecule has 1 rings (SSSR count). The molecule has 5 nitrogen and oxygen atoms in total. The number of benzene rings is 1. The van der Waals surface area contributed by atoms with E-state index < -0.39 is 5.91 Å². The summed E-state index contributed by atoms with van der Waals surface area (Å²) in [5.41, 5.74) is 7.13. The maximum Gasteiger partial charge on any atom is 0.292 e. The molecule has 0 heterocycles. The Morgan fingerprint density at radius 1 is 1.57 bits per heavy atom. The first-order valence-corrected chi connectivity index (χ1v) is 3.81. The van der Waals surface area contributed by atoms with Crippen LogP contribution in [0.1, 0.15) is 5.56 Å². The molecular formula is C9H9N2O3.